The van der Waals surface area contributed by atoms with Gasteiger partial charge in [-0.25, -0.2) is 4.79 Å². The Bertz CT molecular complexity index is 2000. The number of Topliss-reactive ketones (excluding diaryl/α,β-unsaturated/α-hetero) is 1. The highest BCUT2D eigenvalue weighted by atomic mass is 32.2. The number of carbonyl (C=O) groups is 9. The van der Waals surface area contributed by atoms with Gasteiger partial charge in [0, 0.05) is 56.4 Å². The van der Waals surface area contributed by atoms with Gasteiger partial charge in [0.25, 0.3) is 0 Å². The van der Waals surface area contributed by atoms with Crippen LogP contribution >= 0.6 is 0 Å². The molecule has 0 radical (unpaired) electrons. The number of phenolic OH excluding ortho intramolecular Hbond substituents is 1. The molecule has 1 aromatic rings. The number of aromatic hydroxyl groups is 1. The van der Waals surface area contributed by atoms with Gasteiger partial charge in [0.1, 0.15) is 53.6 Å². The number of phenols is 1. The van der Waals surface area contributed by atoms with E-state index in [0.717, 1.165) is 7.11 Å². The highest BCUT2D eigenvalue weighted by Gasteiger charge is 2.63. The number of rotatable bonds is 27. The molecule has 0 heterocycles. The zero-order valence-electron chi connectivity index (χ0n) is 41.6. The van der Waals surface area contributed by atoms with Gasteiger partial charge < -0.3 is 57.9 Å². The number of hydrogen-bond donors (Lipinski definition) is 9. The van der Waals surface area contributed by atoms with Crippen molar-refractivity contribution in [2.24, 2.45) is 35.1 Å². The van der Waals surface area contributed by atoms with Crippen molar-refractivity contribution in [2.75, 3.05) is 26.2 Å². The van der Waals surface area contributed by atoms with E-state index in [1.807, 2.05) is 27.7 Å². The van der Waals surface area contributed by atoms with E-state index in [4.69, 9.17) is 21.3 Å². The third kappa shape index (κ3) is 17.8. The lowest BCUT2D eigenvalue weighted by molar-refractivity contribution is -0.158. The molecule has 3 rings (SSSR count). The molecule has 9 unspecified atom stereocenters. The number of primary amides is 1. The SMILES string of the molecule is CCC(C)C(N)C(=O)N(C)C(Cc1ccc(O)cc1)C(=O)NC(C(=O)OC(C)[C@H](NC(=O)[C@H](CCC(N)=O)NC(=O)CS(C)=O)C(=O)NC(CC(C)C)C(=O)NC12CCC(=O)C1C2)[C@H](C)CC.CO. The molecule has 2 aliphatic rings. The van der Waals surface area contributed by atoms with E-state index in [-0.39, 0.29) is 55.0 Å². The lowest BCUT2D eigenvalue weighted by Gasteiger charge is -2.33. The molecule has 2 saturated carbocycles. The number of hydrogen-bond acceptors (Lipinski definition) is 14. The lowest BCUT2D eigenvalue weighted by Crippen LogP contribution is -2.62. The molecule has 388 valence electrons. The van der Waals surface area contributed by atoms with Crippen molar-refractivity contribution in [3.05, 3.63) is 29.8 Å². The molecule has 0 aliphatic heterocycles. The van der Waals surface area contributed by atoms with Crippen LogP contribution in [0.25, 0.3) is 0 Å². The van der Waals surface area contributed by atoms with Crippen LogP contribution in [-0.2, 0) is 65.1 Å². The maximum absolute atomic E-state index is 14.4. The molecule has 0 bridgehead atoms. The second kappa shape index (κ2) is 27.6. The number of carbonyl (C=O) groups excluding carboxylic acids is 9. The van der Waals surface area contributed by atoms with E-state index in [1.165, 1.54) is 37.3 Å². The summed E-state index contributed by atoms with van der Waals surface area (Å²) in [5.74, 6) is -8.07. The maximum Gasteiger partial charge on any atom is 0.329 e. The summed E-state index contributed by atoms with van der Waals surface area (Å²) in [5.41, 5.74) is 11.6. The maximum atomic E-state index is 14.4. The van der Waals surface area contributed by atoms with Crippen LogP contribution in [0.5, 0.6) is 5.75 Å². The normalized spacial score (nSPS) is 20.2. The third-order valence-electron chi connectivity index (χ3n) is 12.8. The van der Waals surface area contributed by atoms with Gasteiger partial charge in [-0.3, -0.25) is 42.6 Å². The van der Waals surface area contributed by atoms with Crippen LogP contribution in [0.4, 0.5) is 0 Å². The van der Waals surface area contributed by atoms with Crippen LogP contribution in [-0.4, -0.2) is 146 Å². The summed E-state index contributed by atoms with van der Waals surface area (Å²) in [6.07, 6.45) is 1.37. The number of benzene rings is 1. The van der Waals surface area contributed by atoms with Crippen molar-refractivity contribution >= 4 is 63.9 Å². The van der Waals surface area contributed by atoms with Crippen LogP contribution in [0.2, 0.25) is 0 Å². The number of nitrogens with two attached hydrogens (primary N) is 2. The molecule has 12 atom stereocenters. The predicted octanol–water partition coefficient (Wildman–Crippen LogP) is -0.411. The molecule has 11 N–H and O–H groups in total. The number of fused-ring (bicyclic) bond motifs is 1. The van der Waals surface area contributed by atoms with Gasteiger partial charge in [0.2, 0.25) is 41.4 Å². The zero-order valence-corrected chi connectivity index (χ0v) is 42.4. The number of aliphatic hydroxyl groups excluding tert-OH is 1. The molecule has 69 heavy (non-hydrogen) atoms. The molecule has 7 amide bonds. The van der Waals surface area contributed by atoms with Crippen molar-refractivity contribution in [1.29, 1.82) is 0 Å². The summed E-state index contributed by atoms with van der Waals surface area (Å²) in [6, 6.07) is -1.87. The minimum absolute atomic E-state index is 0.0124. The Morgan fingerprint density at radius 2 is 1.45 bits per heavy atom. The van der Waals surface area contributed by atoms with E-state index in [0.29, 0.717) is 37.7 Å². The fourth-order valence-corrected chi connectivity index (χ4v) is 8.49. The fraction of sp³-hybridized carbons (Fsp3) is 0.681. The number of ether oxygens (including phenoxy) is 1. The van der Waals surface area contributed by atoms with E-state index in [2.05, 4.69) is 26.6 Å². The number of ketones is 1. The van der Waals surface area contributed by atoms with Crippen molar-refractivity contribution in [3.63, 3.8) is 0 Å². The second-order valence-electron chi connectivity index (χ2n) is 18.6. The number of nitrogens with one attached hydrogen (secondary N) is 5. The Morgan fingerprint density at radius 1 is 0.855 bits per heavy atom. The van der Waals surface area contributed by atoms with Gasteiger partial charge in [-0.1, -0.05) is 66.5 Å². The van der Waals surface area contributed by atoms with Crippen molar-refractivity contribution in [1.82, 2.24) is 31.5 Å². The number of amides is 7. The first-order chi connectivity index (χ1) is 32.3. The molecule has 0 saturated heterocycles. The van der Waals surface area contributed by atoms with Crippen molar-refractivity contribution in [3.8, 4) is 5.75 Å². The Morgan fingerprint density at radius 3 is 1.96 bits per heavy atom. The largest absolute Gasteiger partial charge is 0.508 e. The highest BCUT2D eigenvalue weighted by molar-refractivity contribution is 7.85. The van der Waals surface area contributed by atoms with Crippen molar-refractivity contribution in [2.45, 2.75) is 154 Å². The Hall–Kier alpha value is -5.48. The Balaban J connectivity index is 0.00000805. The average Bonchev–Trinajstić information content (AvgIpc) is 3.93. The van der Waals surface area contributed by atoms with Gasteiger partial charge in [0.15, 0.2) is 0 Å². The predicted molar refractivity (Wildman–Crippen MR) is 257 cm³/mol. The number of aliphatic hydroxyl groups is 1. The van der Waals surface area contributed by atoms with E-state index in [9.17, 15) is 52.5 Å². The van der Waals surface area contributed by atoms with Gasteiger partial charge >= 0.3 is 5.97 Å². The number of likely N-dealkylation sites (N-methyl/N-ethyl adjacent to an activating group) is 1. The minimum Gasteiger partial charge on any atom is -0.508 e. The topological polar surface area (TPSA) is 336 Å². The quantitative estimate of drug-likeness (QED) is 0.0507. The monoisotopic (exact) mass is 993 g/mol. The molecular formula is C47H76N8O13S. The summed E-state index contributed by atoms with van der Waals surface area (Å²) in [4.78, 5) is 123. The molecule has 0 aromatic heterocycles. The minimum atomic E-state index is -1.76. The van der Waals surface area contributed by atoms with Crippen LogP contribution in [0.3, 0.4) is 0 Å². The lowest BCUT2D eigenvalue weighted by atomic mass is 9.96. The molecule has 22 heteroatoms. The Kier molecular flexibility index (Phi) is 23.9. The standard InChI is InChI=1S/C46H72N8O12S.CH4O/c1-10-25(5)37(48)44(63)54(8)33(21-28-12-14-29(55)15-13-28)42(61)51-38(26(6)11-2)45(64)66-27(7)39(52-40(59)31(16-17-35(47)57)49-36(58)23-67(9)65)43(62)50-32(20-24(3)4)41(60)53-46-19-18-34(56)30(46)22-46;1-2/h12-15,24-27,30-33,37-39,55H,10-11,16-23,48H2,1-9H3,(H2,47,57)(H,49,58)(H,50,62)(H,51,61)(H,52,59)(H,53,60);2H,1H3/t25?,26-,27?,30?,31+,32?,33?,37?,38?,39+,46?,67?;/m1./s1. The fourth-order valence-electron chi connectivity index (χ4n) is 8.04. The van der Waals surface area contributed by atoms with E-state index in [1.54, 1.807) is 26.0 Å². The van der Waals surface area contributed by atoms with Crippen LogP contribution in [0, 0.1) is 23.7 Å². The van der Waals surface area contributed by atoms with Gasteiger partial charge in [0.05, 0.1) is 11.6 Å². The zero-order chi connectivity index (χ0) is 52.5. The number of esters is 1. The van der Waals surface area contributed by atoms with Crippen molar-refractivity contribution < 1.29 is 62.3 Å². The van der Waals surface area contributed by atoms with Gasteiger partial charge in [-0.2, -0.15) is 0 Å². The summed E-state index contributed by atoms with van der Waals surface area (Å²) in [6.45, 7) is 12.1. The molecule has 21 nitrogen and oxygen atoms in total. The molecule has 2 aliphatic carbocycles. The summed E-state index contributed by atoms with van der Waals surface area (Å²) in [7, 11) is 0.827. The van der Waals surface area contributed by atoms with E-state index < -0.39 is 118 Å². The molecule has 2 fully saturated rings. The third-order valence-corrected chi connectivity index (χ3v) is 13.5. The first kappa shape index (κ1) is 59.6. The summed E-state index contributed by atoms with van der Waals surface area (Å²) in [5, 5.41) is 30.2. The van der Waals surface area contributed by atoms with Gasteiger partial charge in [-0.05, 0) is 68.1 Å². The van der Waals surface area contributed by atoms with Crippen LogP contribution in [0.1, 0.15) is 105 Å². The highest BCUT2D eigenvalue weighted by Crippen LogP contribution is 2.53. The van der Waals surface area contributed by atoms with Gasteiger partial charge in [-0.15, -0.1) is 0 Å². The average molecular weight is 993 g/mol. The molecule has 1 aromatic carbocycles. The van der Waals surface area contributed by atoms with E-state index >= 15 is 0 Å². The van der Waals surface area contributed by atoms with Crippen LogP contribution < -0.4 is 38.1 Å². The summed E-state index contributed by atoms with van der Waals surface area (Å²) < 4.78 is 17.7. The first-order valence-electron chi connectivity index (χ1n) is 23.4. The molecular weight excluding hydrogens is 917 g/mol. The Labute approximate surface area is 407 Å². The first-order valence-corrected chi connectivity index (χ1v) is 25.2. The smallest absolute Gasteiger partial charge is 0.329 e. The second-order valence-corrected chi connectivity index (χ2v) is 20.1. The summed E-state index contributed by atoms with van der Waals surface area (Å²) >= 11 is 0. The van der Waals surface area contributed by atoms with Crippen LogP contribution in [0.15, 0.2) is 24.3 Å². The molecule has 0 spiro atoms. The number of nitrogens with zero attached hydrogens (tertiary/aromatic N) is 1.